The predicted octanol–water partition coefficient (Wildman–Crippen LogP) is 2.55. The Morgan fingerprint density at radius 1 is 1.22 bits per heavy atom. The first-order valence-electron chi connectivity index (χ1n) is 10.4. The molecule has 0 bridgehead atoms. The van der Waals surface area contributed by atoms with Gasteiger partial charge in [-0.3, -0.25) is 14.3 Å². The van der Waals surface area contributed by atoms with Crippen molar-refractivity contribution in [1.29, 1.82) is 0 Å². The molecule has 0 atom stereocenters. The van der Waals surface area contributed by atoms with Crippen molar-refractivity contribution in [3.63, 3.8) is 0 Å². The van der Waals surface area contributed by atoms with E-state index < -0.39 is 0 Å². The topological polar surface area (TPSA) is 118 Å². The first-order chi connectivity index (χ1) is 15.5. The van der Waals surface area contributed by atoms with Crippen LogP contribution in [0.3, 0.4) is 0 Å². The van der Waals surface area contributed by atoms with Crippen molar-refractivity contribution in [2.45, 2.75) is 18.9 Å². The zero-order valence-corrected chi connectivity index (χ0v) is 17.4. The van der Waals surface area contributed by atoms with Crippen molar-refractivity contribution in [2.75, 3.05) is 18.4 Å². The molecular formula is C22H22N6O4. The Kier molecular flexibility index (Phi) is 4.89. The summed E-state index contributed by atoms with van der Waals surface area (Å²) in [6, 6.07) is 6.74. The average Bonchev–Trinajstić information content (AvgIpc) is 3.44. The largest absolute Gasteiger partial charge is 0.472 e. The molecule has 5 rings (SSSR count). The number of rotatable bonds is 3. The quantitative estimate of drug-likeness (QED) is 0.514. The number of amides is 2. The second kappa shape index (κ2) is 7.88. The van der Waals surface area contributed by atoms with Gasteiger partial charge in [-0.05, 0) is 37.1 Å². The molecule has 10 nitrogen and oxygen atoms in total. The number of likely N-dealkylation sites (tertiary alicyclic amines) is 1. The van der Waals surface area contributed by atoms with E-state index in [-0.39, 0.29) is 29.0 Å². The molecule has 2 amide bonds. The monoisotopic (exact) mass is 434 g/mol. The fraction of sp³-hybridized carbons (Fsp3) is 0.273. The molecule has 0 unspecified atom stereocenters. The Hall–Kier alpha value is -4.08. The second-order valence-corrected chi connectivity index (χ2v) is 7.89. The maximum atomic E-state index is 12.9. The van der Waals surface area contributed by atoms with Crippen molar-refractivity contribution in [2.24, 2.45) is 7.05 Å². The zero-order valence-electron chi connectivity index (χ0n) is 17.4. The summed E-state index contributed by atoms with van der Waals surface area (Å²) in [7, 11) is 1.64. The fourth-order valence-electron chi connectivity index (χ4n) is 4.23. The number of piperidine rings is 1. The molecule has 164 valence electrons. The summed E-state index contributed by atoms with van der Waals surface area (Å²) in [5.74, 6) is 0. The molecule has 5 heterocycles. The molecular weight excluding hydrogens is 412 g/mol. The minimum atomic E-state index is -0.335. The SMILES string of the molecule is Cn1cc(-c2ccoc2)cc(NC(=O)N2CCC(n3c(=O)[nH]c4ncccc43)CC2)c1=O. The molecule has 32 heavy (non-hydrogen) atoms. The zero-order chi connectivity index (χ0) is 22.2. The molecule has 1 aliphatic heterocycles. The van der Waals surface area contributed by atoms with Crippen molar-refractivity contribution in [3.8, 4) is 11.1 Å². The molecule has 0 aromatic carbocycles. The van der Waals surface area contributed by atoms with E-state index in [9.17, 15) is 14.4 Å². The summed E-state index contributed by atoms with van der Waals surface area (Å²) in [5.41, 5.74) is 2.63. The molecule has 0 saturated carbocycles. The molecule has 4 aromatic rings. The highest BCUT2D eigenvalue weighted by molar-refractivity contribution is 5.90. The lowest BCUT2D eigenvalue weighted by atomic mass is 10.0. The van der Waals surface area contributed by atoms with E-state index in [1.54, 1.807) is 59.6 Å². The summed E-state index contributed by atoms with van der Waals surface area (Å²) in [4.78, 5) is 46.5. The normalized spacial score (nSPS) is 14.7. The van der Waals surface area contributed by atoms with Crippen molar-refractivity contribution < 1.29 is 9.21 Å². The summed E-state index contributed by atoms with van der Waals surface area (Å²) in [5, 5.41) is 2.75. The van der Waals surface area contributed by atoms with Crippen LogP contribution in [-0.4, -0.2) is 43.1 Å². The molecule has 0 spiro atoms. The number of hydrogen-bond acceptors (Lipinski definition) is 5. The predicted molar refractivity (Wildman–Crippen MR) is 119 cm³/mol. The number of aromatic amines is 1. The van der Waals surface area contributed by atoms with Crippen LogP contribution in [0.15, 0.2) is 63.2 Å². The number of carbonyl (C=O) groups excluding carboxylic acids is 1. The highest BCUT2D eigenvalue weighted by Crippen LogP contribution is 2.25. The van der Waals surface area contributed by atoms with E-state index in [0.29, 0.717) is 31.6 Å². The number of furan rings is 1. The van der Waals surface area contributed by atoms with Gasteiger partial charge in [0.15, 0.2) is 5.65 Å². The van der Waals surface area contributed by atoms with Crippen LogP contribution < -0.4 is 16.6 Å². The van der Waals surface area contributed by atoms with Gasteiger partial charge in [0.25, 0.3) is 5.56 Å². The van der Waals surface area contributed by atoms with Crippen molar-refractivity contribution in [3.05, 3.63) is 70.0 Å². The van der Waals surface area contributed by atoms with Crippen molar-refractivity contribution >= 4 is 22.9 Å². The number of H-pyrrole nitrogens is 1. The Labute approximate surface area is 182 Å². The Bertz CT molecular complexity index is 1390. The van der Waals surface area contributed by atoms with Gasteiger partial charge in [0.2, 0.25) is 0 Å². The minimum absolute atomic E-state index is 0.0261. The van der Waals surface area contributed by atoms with Gasteiger partial charge in [0, 0.05) is 49.7 Å². The number of carbonyl (C=O) groups is 1. The molecule has 0 aliphatic carbocycles. The number of aryl methyl sites for hydroxylation is 1. The lowest BCUT2D eigenvalue weighted by Crippen LogP contribution is -2.43. The third-order valence-corrected chi connectivity index (χ3v) is 5.89. The highest BCUT2D eigenvalue weighted by atomic mass is 16.3. The summed E-state index contributed by atoms with van der Waals surface area (Å²) >= 11 is 0. The number of hydrogen-bond donors (Lipinski definition) is 2. The number of imidazole rings is 1. The molecule has 10 heteroatoms. The second-order valence-electron chi connectivity index (χ2n) is 7.89. The number of pyridine rings is 2. The highest BCUT2D eigenvalue weighted by Gasteiger charge is 2.26. The minimum Gasteiger partial charge on any atom is -0.472 e. The smallest absolute Gasteiger partial charge is 0.327 e. The van der Waals surface area contributed by atoms with Gasteiger partial charge in [-0.1, -0.05) is 0 Å². The van der Waals surface area contributed by atoms with Crippen LogP contribution >= 0.6 is 0 Å². The van der Waals surface area contributed by atoms with Crippen LogP contribution in [0.4, 0.5) is 10.5 Å². The van der Waals surface area contributed by atoms with E-state index in [4.69, 9.17) is 4.42 Å². The molecule has 1 saturated heterocycles. The first-order valence-corrected chi connectivity index (χ1v) is 10.4. The van der Waals surface area contributed by atoms with Crippen LogP contribution in [0.2, 0.25) is 0 Å². The Morgan fingerprint density at radius 2 is 2.03 bits per heavy atom. The summed E-state index contributed by atoms with van der Waals surface area (Å²) in [6.07, 6.45) is 7.73. The molecule has 1 fully saturated rings. The summed E-state index contributed by atoms with van der Waals surface area (Å²) in [6.45, 7) is 0.940. The van der Waals surface area contributed by atoms with E-state index in [1.807, 2.05) is 6.07 Å². The van der Waals surface area contributed by atoms with Crippen LogP contribution in [-0.2, 0) is 7.05 Å². The lowest BCUT2D eigenvalue weighted by Gasteiger charge is -2.32. The summed E-state index contributed by atoms with van der Waals surface area (Å²) < 4.78 is 8.27. The molecule has 4 aromatic heterocycles. The van der Waals surface area contributed by atoms with Gasteiger partial charge in [-0.2, -0.15) is 0 Å². The lowest BCUT2D eigenvalue weighted by molar-refractivity contribution is 0.184. The van der Waals surface area contributed by atoms with Gasteiger partial charge in [0.1, 0.15) is 5.69 Å². The van der Waals surface area contributed by atoms with Gasteiger partial charge >= 0.3 is 11.7 Å². The number of urea groups is 1. The van der Waals surface area contributed by atoms with Gasteiger partial charge in [0.05, 0.1) is 18.0 Å². The number of nitrogens with one attached hydrogen (secondary N) is 2. The van der Waals surface area contributed by atoms with Crippen LogP contribution in [0.25, 0.3) is 22.3 Å². The number of anilines is 1. The van der Waals surface area contributed by atoms with Crippen LogP contribution in [0.1, 0.15) is 18.9 Å². The van der Waals surface area contributed by atoms with Gasteiger partial charge in [-0.25, -0.2) is 14.6 Å². The molecule has 0 radical (unpaired) electrons. The van der Waals surface area contributed by atoms with Gasteiger partial charge in [-0.15, -0.1) is 0 Å². The standard InChI is InChI=1S/C22H22N6O4/c1-26-12-15(14-6-10-32-13-14)11-17(20(26)29)24-21(30)27-8-4-16(5-9-27)28-18-3-2-7-23-19(18)25-22(28)31/h2-3,6-7,10-13,16H,4-5,8-9H2,1H3,(H,24,30)(H,23,25,31). The number of nitrogens with zero attached hydrogens (tertiary/aromatic N) is 4. The molecule has 2 N–H and O–H groups in total. The Morgan fingerprint density at radius 3 is 2.78 bits per heavy atom. The van der Waals surface area contributed by atoms with E-state index in [1.165, 1.54) is 4.57 Å². The number of fused-ring (bicyclic) bond motifs is 1. The third-order valence-electron chi connectivity index (χ3n) is 5.89. The fourth-order valence-corrected chi connectivity index (χ4v) is 4.23. The maximum absolute atomic E-state index is 12.9. The van der Waals surface area contributed by atoms with E-state index in [2.05, 4.69) is 15.3 Å². The first kappa shape index (κ1) is 19.9. The van der Waals surface area contributed by atoms with Crippen LogP contribution in [0.5, 0.6) is 0 Å². The van der Waals surface area contributed by atoms with Crippen molar-refractivity contribution in [1.82, 2.24) is 24.0 Å². The Balaban J connectivity index is 1.31. The average molecular weight is 434 g/mol. The van der Waals surface area contributed by atoms with E-state index in [0.717, 1.165) is 16.6 Å². The molecule has 1 aliphatic rings. The maximum Gasteiger partial charge on any atom is 0.327 e. The van der Waals surface area contributed by atoms with Crippen LogP contribution in [0, 0.1) is 0 Å². The number of aromatic nitrogens is 4. The third kappa shape index (κ3) is 3.49. The van der Waals surface area contributed by atoms with E-state index >= 15 is 0 Å². The van der Waals surface area contributed by atoms with Gasteiger partial charge < -0.3 is 19.2 Å².